The lowest BCUT2D eigenvalue weighted by Crippen LogP contribution is -2.16. The van der Waals surface area contributed by atoms with Gasteiger partial charge in [-0.15, -0.1) is 0 Å². The zero-order chi connectivity index (χ0) is 14.7. The molecule has 2 heterocycles. The predicted molar refractivity (Wildman–Crippen MR) is 82.9 cm³/mol. The number of para-hydroxylation sites is 1. The van der Waals surface area contributed by atoms with Crippen LogP contribution >= 0.6 is 0 Å². The Hall–Kier alpha value is -2.47. The van der Waals surface area contributed by atoms with Gasteiger partial charge in [-0.05, 0) is 24.6 Å². The standard InChI is InChI=1S/C15H19N5O/c16-7-5-14-15(21)20(10-18-14)19-8-6-11-9-17-13-4-2-1-3-12(11)13/h1-4,9-10,17,19,21H,5-8,16H2. The minimum atomic E-state index is 0.138. The van der Waals surface area contributed by atoms with Crippen molar-refractivity contribution in [3.63, 3.8) is 0 Å². The van der Waals surface area contributed by atoms with E-state index in [9.17, 15) is 5.11 Å². The van der Waals surface area contributed by atoms with Gasteiger partial charge in [0.1, 0.15) is 12.0 Å². The van der Waals surface area contributed by atoms with Crippen molar-refractivity contribution in [2.75, 3.05) is 18.5 Å². The lowest BCUT2D eigenvalue weighted by molar-refractivity contribution is 0.426. The number of rotatable bonds is 6. The van der Waals surface area contributed by atoms with Gasteiger partial charge in [0.25, 0.3) is 0 Å². The van der Waals surface area contributed by atoms with Crippen molar-refractivity contribution in [1.29, 1.82) is 0 Å². The first kappa shape index (κ1) is 13.5. The normalized spacial score (nSPS) is 11.1. The maximum Gasteiger partial charge on any atom is 0.233 e. The third-order valence-electron chi connectivity index (χ3n) is 3.55. The maximum atomic E-state index is 9.97. The van der Waals surface area contributed by atoms with Gasteiger partial charge in [-0.2, -0.15) is 0 Å². The number of H-pyrrole nitrogens is 1. The third kappa shape index (κ3) is 2.71. The molecule has 2 aromatic heterocycles. The highest BCUT2D eigenvalue weighted by atomic mass is 16.3. The molecular formula is C15H19N5O. The molecule has 0 fully saturated rings. The van der Waals surface area contributed by atoms with E-state index in [-0.39, 0.29) is 5.88 Å². The van der Waals surface area contributed by atoms with Gasteiger partial charge < -0.3 is 21.2 Å². The highest BCUT2D eigenvalue weighted by Crippen LogP contribution is 2.18. The third-order valence-corrected chi connectivity index (χ3v) is 3.55. The first-order valence-electron chi connectivity index (χ1n) is 7.03. The molecule has 0 atom stereocenters. The number of aromatic nitrogens is 3. The van der Waals surface area contributed by atoms with Crippen molar-refractivity contribution in [3.8, 4) is 5.88 Å². The zero-order valence-corrected chi connectivity index (χ0v) is 11.7. The highest BCUT2D eigenvalue weighted by Gasteiger charge is 2.08. The molecule has 0 aliphatic heterocycles. The molecule has 3 rings (SSSR count). The molecular weight excluding hydrogens is 266 g/mol. The fraction of sp³-hybridized carbons (Fsp3) is 0.267. The summed E-state index contributed by atoms with van der Waals surface area (Å²) in [6, 6.07) is 8.22. The molecule has 6 heteroatoms. The average Bonchev–Trinajstić information content (AvgIpc) is 3.06. The molecule has 0 spiro atoms. The van der Waals surface area contributed by atoms with Gasteiger partial charge in [-0.1, -0.05) is 18.2 Å². The van der Waals surface area contributed by atoms with Crippen LogP contribution in [0.3, 0.4) is 0 Å². The molecule has 21 heavy (non-hydrogen) atoms. The number of hydrogen-bond acceptors (Lipinski definition) is 4. The van der Waals surface area contributed by atoms with Crippen LogP contribution in [0.25, 0.3) is 10.9 Å². The zero-order valence-electron chi connectivity index (χ0n) is 11.7. The number of nitrogens with zero attached hydrogens (tertiary/aromatic N) is 2. The average molecular weight is 285 g/mol. The number of imidazole rings is 1. The Balaban J connectivity index is 1.63. The molecule has 0 bridgehead atoms. The number of nitrogens with two attached hydrogens (primary N) is 1. The molecule has 6 nitrogen and oxygen atoms in total. The van der Waals surface area contributed by atoms with Gasteiger partial charge in [0, 0.05) is 30.1 Å². The van der Waals surface area contributed by atoms with Crippen molar-refractivity contribution < 1.29 is 5.11 Å². The minimum Gasteiger partial charge on any atom is -0.492 e. The summed E-state index contributed by atoms with van der Waals surface area (Å²) in [6.07, 6.45) is 5.03. The number of aromatic amines is 1. The van der Waals surface area contributed by atoms with Crippen LogP contribution in [0.1, 0.15) is 11.3 Å². The van der Waals surface area contributed by atoms with Crippen molar-refractivity contribution >= 4 is 10.9 Å². The molecule has 0 aliphatic rings. The minimum absolute atomic E-state index is 0.138. The van der Waals surface area contributed by atoms with Crippen molar-refractivity contribution in [2.45, 2.75) is 12.8 Å². The van der Waals surface area contributed by atoms with Crippen LogP contribution in [0.5, 0.6) is 5.88 Å². The van der Waals surface area contributed by atoms with E-state index in [4.69, 9.17) is 5.73 Å². The van der Waals surface area contributed by atoms with Crippen LogP contribution in [0.2, 0.25) is 0 Å². The Morgan fingerprint density at radius 1 is 1.29 bits per heavy atom. The maximum absolute atomic E-state index is 9.97. The van der Waals surface area contributed by atoms with E-state index < -0.39 is 0 Å². The number of benzene rings is 1. The summed E-state index contributed by atoms with van der Waals surface area (Å²) in [5, 5.41) is 11.2. The van der Waals surface area contributed by atoms with Gasteiger partial charge in [0.2, 0.25) is 5.88 Å². The molecule has 0 saturated carbocycles. The Morgan fingerprint density at radius 2 is 2.14 bits per heavy atom. The Labute approximate surface area is 122 Å². The van der Waals surface area contributed by atoms with Crippen LogP contribution in [0.15, 0.2) is 36.8 Å². The van der Waals surface area contributed by atoms with Gasteiger partial charge >= 0.3 is 0 Å². The number of aromatic hydroxyl groups is 1. The summed E-state index contributed by atoms with van der Waals surface area (Å²) in [5.74, 6) is 0.138. The van der Waals surface area contributed by atoms with Crippen LogP contribution in [0.4, 0.5) is 0 Å². The van der Waals surface area contributed by atoms with Gasteiger partial charge in [-0.3, -0.25) is 0 Å². The van der Waals surface area contributed by atoms with Gasteiger partial charge in [0.05, 0.1) is 0 Å². The topological polar surface area (TPSA) is 91.9 Å². The van der Waals surface area contributed by atoms with Crippen molar-refractivity contribution in [1.82, 2.24) is 14.6 Å². The van der Waals surface area contributed by atoms with Crippen LogP contribution < -0.4 is 11.2 Å². The second-order valence-electron chi connectivity index (χ2n) is 4.94. The summed E-state index contributed by atoms with van der Waals surface area (Å²) in [6.45, 7) is 1.17. The Morgan fingerprint density at radius 3 is 3.00 bits per heavy atom. The van der Waals surface area contributed by atoms with E-state index >= 15 is 0 Å². The lowest BCUT2D eigenvalue weighted by Gasteiger charge is -2.08. The lowest BCUT2D eigenvalue weighted by atomic mass is 10.1. The van der Waals surface area contributed by atoms with Gasteiger partial charge in [0.15, 0.2) is 0 Å². The number of hydrogen-bond donors (Lipinski definition) is 4. The monoisotopic (exact) mass is 285 g/mol. The molecule has 3 aromatic rings. The fourth-order valence-electron chi connectivity index (χ4n) is 2.46. The SMILES string of the molecule is NCCc1ncn(NCCc2c[nH]c3ccccc23)c1O. The summed E-state index contributed by atoms with van der Waals surface area (Å²) < 4.78 is 1.54. The largest absolute Gasteiger partial charge is 0.492 e. The summed E-state index contributed by atoms with van der Waals surface area (Å²) in [4.78, 5) is 7.39. The molecule has 1 aromatic carbocycles. The first-order valence-corrected chi connectivity index (χ1v) is 7.03. The van der Waals surface area contributed by atoms with Gasteiger partial charge in [-0.25, -0.2) is 9.66 Å². The summed E-state index contributed by atoms with van der Waals surface area (Å²) in [7, 11) is 0. The van der Waals surface area contributed by atoms with E-state index in [2.05, 4.69) is 27.5 Å². The Bertz CT molecular complexity index is 731. The van der Waals surface area contributed by atoms with Crippen LogP contribution in [0, 0.1) is 0 Å². The van der Waals surface area contributed by atoms with E-state index in [1.165, 1.54) is 10.9 Å². The molecule has 0 unspecified atom stereocenters. The Kier molecular flexibility index (Phi) is 3.79. The molecule has 0 amide bonds. The van der Waals surface area contributed by atoms with Crippen LogP contribution in [-0.4, -0.2) is 32.8 Å². The summed E-state index contributed by atoms with van der Waals surface area (Å²) in [5.41, 5.74) is 11.6. The number of nitrogens with one attached hydrogen (secondary N) is 2. The smallest absolute Gasteiger partial charge is 0.233 e. The molecule has 0 saturated heterocycles. The molecule has 0 aliphatic carbocycles. The van der Waals surface area contributed by atoms with E-state index in [0.717, 1.165) is 11.9 Å². The molecule has 0 radical (unpaired) electrons. The second kappa shape index (κ2) is 5.88. The highest BCUT2D eigenvalue weighted by molar-refractivity contribution is 5.83. The van der Waals surface area contributed by atoms with Crippen LogP contribution in [-0.2, 0) is 12.8 Å². The second-order valence-corrected chi connectivity index (χ2v) is 4.94. The molecule has 110 valence electrons. The number of fused-ring (bicyclic) bond motifs is 1. The van der Waals surface area contributed by atoms with Crippen molar-refractivity contribution in [3.05, 3.63) is 48.0 Å². The van der Waals surface area contributed by atoms with Crippen molar-refractivity contribution in [2.24, 2.45) is 5.73 Å². The van der Waals surface area contributed by atoms with E-state index in [1.54, 1.807) is 11.0 Å². The quantitative estimate of drug-likeness (QED) is 0.550. The molecule has 5 N–H and O–H groups in total. The fourth-order valence-corrected chi connectivity index (χ4v) is 2.46. The van der Waals surface area contributed by atoms with E-state index in [1.807, 2.05) is 18.3 Å². The van der Waals surface area contributed by atoms with E-state index in [0.29, 0.717) is 25.2 Å². The summed E-state index contributed by atoms with van der Waals surface area (Å²) >= 11 is 0. The predicted octanol–water partition coefficient (Wildman–Crippen LogP) is 1.36. The first-order chi connectivity index (χ1) is 10.3.